The molecule has 1 N–H and O–H groups in total. The van der Waals surface area contributed by atoms with E-state index in [1.54, 1.807) is 14.0 Å². The van der Waals surface area contributed by atoms with Gasteiger partial charge in [0, 0.05) is 5.56 Å². The molecule has 0 saturated heterocycles. The molecule has 0 spiro atoms. The zero-order valence-electron chi connectivity index (χ0n) is 7.67. The van der Waals surface area contributed by atoms with Crippen LogP contribution in [0.3, 0.4) is 0 Å². The van der Waals surface area contributed by atoms with Crippen LogP contribution >= 0.6 is 0 Å². The van der Waals surface area contributed by atoms with Crippen molar-refractivity contribution < 1.29 is 9.18 Å². The molecule has 0 aliphatic carbocycles. The van der Waals surface area contributed by atoms with Crippen LogP contribution in [0.15, 0.2) is 24.3 Å². The van der Waals surface area contributed by atoms with Gasteiger partial charge in [-0.3, -0.25) is 4.79 Å². The molecule has 1 atom stereocenters. The van der Waals surface area contributed by atoms with E-state index in [1.165, 1.54) is 24.3 Å². The molecular weight excluding hydrogens is 170 g/mol. The molecule has 1 unspecified atom stereocenters. The highest BCUT2D eigenvalue weighted by Gasteiger charge is 2.12. The van der Waals surface area contributed by atoms with E-state index in [4.69, 9.17) is 0 Å². The number of hydrogen-bond donors (Lipinski definition) is 1. The zero-order chi connectivity index (χ0) is 9.84. The lowest BCUT2D eigenvalue weighted by atomic mass is 10.1. The molecule has 0 bridgehead atoms. The quantitative estimate of drug-likeness (QED) is 0.719. The van der Waals surface area contributed by atoms with Gasteiger partial charge in [0.15, 0.2) is 5.78 Å². The second-order valence-corrected chi connectivity index (χ2v) is 2.88. The van der Waals surface area contributed by atoms with E-state index in [0.717, 1.165) is 0 Å². The maximum atomic E-state index is 12.5. The van der Waals surface area contributed by atoms with Gasteiger partial charge >= 0.3 is 0 Å². The van der Waals surface area contributed by atoms with Crippen LogP contribution in [-0.4, -0.2) is 18.9 Å². The molecule has 0 saturated carbocycles. The van der Waals surface area contributed by atoms with Crippen LogP contribution in [0, 0.1) is 5.82 Å². The minimum absolute atomic E-state index is 0.0255. The summed E-state index contributed by atoms with van der Waals surface area (Å²) < 4.78 is 12.5. The minimum atomic E-state index is -0.325. The molecule has 0 heterocycles. The largest absolute Gasteiger partial charge is 0.310 e. The van der Waals surface area contributed by atoms with E-state index in [0.29, 0.717) is 5.56 Å². The summed E-state index contributed by atoms with van der Waals surface area (Å²) in [4.78, 5) is 11.5. The van der Waals surface area contributed by atoms with Gasteiger partial charge in [-0.2, -0.15) is 0 Å². The van der Waals surface area contributed by atoms with Crippen molar-refractivity contribution in [1.29, 1.82) is 0 Å². The SMILES string of the molecule is CNC(C)C(=O)c1ccc(F)c[13cH]1. The van der Waals surface area contributed by atoms with Crippen molar-refractivity contribution in [2.75, 3.05) is 7.05 Å². The van der Waals surface area contributed by atoms with Crippen LogP contribution < -0.4 is 5.32 Å². The third-order valence-corrected chi connectivity index (χ3v) is 1.96. The van der Waals surface area contributed by atoms with E-state index in [-0.39, 0.29) is 17.6 Å². The highest BCUT2D eigenvalue weighted by atomic mass is 19.1. The molecule has 70 valence electrons. The van der Waals surface area contributed by atoms with Crippen molar-refractivity contribution in [3.8, 4) is 0 Å². The molecule has 1 aromatic carbocycles. The lowest BCUT2D eigenvalue weighted by Crippen LogP contribution is -2.30. The molecule has 1 aromatic rings. The van der Waals surface area contributed by atoms with Crippen molar-refractivity contribution in [2.24, 2.45) is 0 Å². The Morgan fingerprint density at radius 3 is 2.38 bits per heavy atom. The Balaban J connectivity index is 2.83. The maximum Gasteiger partial charge on any atom is 0.179 e. The Morgan fingerprint density at radius 1 is 1.38 bits per heavy atom. The van der Waals surface area contributed by atoms with Crippen molar-refractivity contribution >= 4 is 5.78 Å². The second kappa shape index (κ2) is 4.14. The van der Waals surface area contributed by atoms with Gasteiger partial charge in [0.1, 0.15) is 5.82 Å². The fraction of sp³-hybridized carbons (Fsp3) is 0.300. The molecule has 0 amide bonds. The van der Waals surface area contributed by atoms with E-state index in [9.17, 15) is 9.18 Å². The average molecular weight is 182 g/mol. The fourth-order valence-corrected chi connectivity index (χ4v) is 0.995. The Labute approximate surface area is 76.8 Å². The van der Waals surface area contributed by atoms with Crippen LogP contribution in [0.4, 0.5) is 4.39 Å². The molecular formula is C10H12FNO. The first-order valence-corrected chi connectivity index (χ1v) is 4.12. The van der Waals surface area contributed by atoms with Gasteiger partial charge in [-0.15, -0.1) is 0 Å². The van der Waals surface area contributed by atoms with Crippen LogP contribution in [0.5, 0.6) is 0 Å². The number of carbonyl (C=O) groups is 1. The monoisotopic (exact) mass is 182 g/mol. The van der Waals surface area contributed by atoms with Gasteiger partial charge in [-0.25, -0.2) is 4.39 Å². The van der Waals surface area contributed by atoms with Gasteiger partial charge in [-0.05, 0) is 38.2 Å². The van der Waals surface area contributed by atoms with Crippen molar-refractivity contribution in [3.63, 3.8) is 0 Å². The number of hydrogen-bond acceptors (Lipinski definition) is 2. The van der Waals surface area contributed by atoms with Crippen LogP contribution in [-0.2, 0) is 0 Å². The Kier molecular flexibility index (Phi) is 3.14. The molecule has 0 aliphatic heterocycles. The first-order chi connectivity index (χ1) is 6.15. The minimum Gasteiger partial charge on any atom is -0.310 e. The summed E-state index contributed by atoms with van der Waals surface area (Å²) >= 11 is 0. The molecule has 3 heteroatoms. The predicted octanol–water partition coefficient (Wildman–Crippen LogP) is 1.62. The highest BCUT2D eigenvalue weighted by Crippen LogP contribution is 2.05. The molecule has 0 fully saturated rings. The number of nitrogens with one attached hydrogen (secondary N) is 1. The van der Waals surface area contributed by atoms with E-state index in [1.807, 2.05) is 0 Å². The summed E-state index contributed by atoms with van der Waals surface area (Å²) in [5, 5.41) is 2.83. The molecule has 1 rings (SSSR count). The summed E-state index contributed by atoms with van der Waals surface area (Å²) in [6.45, 7) is 1.77. The fourth-order valence-electron chi connectivity index (χ4n) is 0.995. The third kappa shape index (κ3) is 2.36. The normalized spacial score (nSPS) is 12.5. The number of halogens is 1. The summed E-state index contributed by atoms with van der Waals surface area (Å²) in [5.41, 5.74) is 0.531. The van der Waals surface area contributed by atoms with E-state index < -0.39 is 0 Å². The number of likely N-dealkylation sites (N-methyl/N-ethyl adjacent to an activating group) is 1. The van der Waals surface area contributed by atoms with Gasteiger partial charge < -0.3 is 5.32 Å². The Hall–Kier alpha value is -1.22. The zero-order valence-corrected chi connectivity index (χ0v) is 7.67. The highest BCUT2D eigenvalue weighted by molar-refractivity contribution is 5.99. The standard InChI is InChI=1S/C10H12FNO/c1-7(12-2)10(13)8-3-5-9(11)6-4-8/h3-7,12H,1-2H3/i3+1. The van der Waals surface area contributed by atoms with Crippen molar-refractivity contribution in [3.05, 3.63) is 35.6 Å². The third-order valence-electron chi connectivity index (χ3n) is 1.96. The predicted molar refractivity (Wildman–Crippen MR) is 49.3 cm³/mol. The number of ketones is 1. The maximum absolute atomic E-state index is 12.5. The summed E-state index contributed by atoms with van der Waals surface area (Å²) in [5.74, 6) is -0.351. The molecule has 0 radical (unpaired) electrons. The van der Waals surface area contributed by atoms with E-state index in [2.05, 4.69) is 5.32 Å². The van der Waals surface area contributed by atoms with Gasteiger partial charge in [0.2, 0.25) is 0 Å². The Morgan fingerprint density at radius 2 is 1.92 bits per heavy atom. The lowest BCUT2D eigenvalue weighted by molar-refractivity contribution is 0.0955. The number of carbonyl (C=O) groups excluding carboxylic acids is 1. The molecule has 13 heavy (non-hydrogen) atoms. The van der Waals surface area contributed by atoms with Crippen LogP contribution in [0.1, 0.15) is 17.3 Å². The number of Topliss-reactive ketones (excluding diaryl/α,β-unsaturated/α-hetero) is 1. The van der Waals surface area contributed by atoms with E-state index >= 15 is 0 Å². The lowest BCUT2D eigenvalue weighted by Gasteiger charge is -2.08. The molecule has 0 aliphatic rings. The Bertz CT molecular complexity index is 294. The van der Waals surface area contributed by atoms with Crippen LogP contribution in [0.25, 0.3) is 0 Å². The van der Waals surface area contributed by atoms with Crippen molar-refractivity contribution in [2.45, 2.75) is 13.0 Å². The van der Waals surface area contributed by atoms with Crippen LogP contribution in [0.2, 0.25) is 0 Å². The smallest absolute Gasteiger partial charge is 0.179 e. The summed E-state index contributed by atoms with van der Waals surface area (Å²) in [6, 6.07) is 5.33. The number of benzene rings is 1. The van der Waals surface area contributed by atoms with Crippen molar-refractivity contribution in [1.82, 2.24) is 5.32 Å². The molecule has 0 aromatic heterocycles. The van der Waals surface area contributed by atoms with Gasteiger partial charge in [0.25, 0.3) is 0 Å². The first-order valence-electron chi connectivity index (χ1n) is 4.12. The topological polar surface area (TPSA) is 29.1 Å². The van der Waals surface area contributed by atoms with Gasteiger partial charge in [0.05, 0.1) is 6.04 Å². The second-order valence-electron chi connectivity index (χ2n) is 2.88. The van der Waals surface area contributed by atoms with Gasteiger partial charge in [-0.1, -0.05) is 0 Å². The average Bonchev–Trinajstić information content (AvgIpc) is 2.17. The summed E-state index contributed by atoms with van der Waals surface area (Å²) in [7, 11) is 1.71. The first kappa shape index (κ1) is 9.86. The number of rotatable bonds is 3. The molecule has 2 nitrogen and oxygen atoms in total. The summed E-state index contributed by atoms with van der Waals surface area (Å²) in [6.07, 6.45) is 0.